The molecule has 0 aromatic carbocycles. The van der Waals surface area contributed by atoms with Crippen LogP contribution in [-0.2, 0) is 15.6 Å². The predicted octanol–water partition coefficient (Wildman–Crippen LogP) is 9.84. The smallest absolute Gasteiger partial charge is 0.313 e. The van der Waals surface area contributed by atoms with Crippen molar-refractivity contribution in [1.29, 1.82) is 0 Å². The molecule has 4 saturated carbocycles. The van der Waals surface area contributed by atoms with E-state index < -0.39 is 27.8 Å². The number of hydrogen-bond donors (Lipinski definition) is 3. The van der Waals surface area contributed by atoms with Gasteiger partial charge in [0, 0.05) is 40.1 Å². The van der Waals surface area contributed by atoms with Crippen molar-refractivity contribution in [1.82, 2.24) is 10.3 Å². The lowest BCUT2D eigenvalue weighted by atomic mass is 9.33. The van der Waals surface area contributed by atoms with Crippen molar-refractivity contribution in [3.8, 4) is 5.88 Å². The van der Waals surface area contributed by atoms with Crippen molar-refractivity contribution in [2.45, 2.75) is 149 Å². The normalized spacial score (nSPS) is 45.0. The fourth-order valence-electron chi connectivity index (χ4n) is 15.4. The summed E-state index contributed by atoms with van der Waals surface area (Å²) >= 11 is 0. The number of carbonyl (C=O) groups is 1. The van der Waals surface area contributed by atoms with E-state index in [4.69, 9.17) is 4.74 Å². The van der Waals surface area contributed by atoms with E-state index in [2.05, 4.69) is 70.6 Å². The molecule has 2 heterocycles. The van der Waals surface area contributed by atoms with E-state index in [9.17, 15) is 19.2 Å². The fourth-order valence-corrected chi connectivity index (χ4v) is 16.8. The third kappa shape index (κ3) is 6.67. The Morgan fingerprint density at radius 3 is 2.37 bits per heavy atom. The zero-order valence-corrected chi connectivity index (χ0v) is 36.8. The van der Waals surface area contributed by atoms with Gasteiger partial charge in [-0.3, -0.25) is 9.00 Å². The number of nitrogens with zero attached hydrogens (tertiary/aromatic N) is 1. The standard InChI is InChI=1S/C49H72N2O5S/c1-33(2)35-15-22-49(51-29-25-48(54)26-30-57(55)31-27-48)24-23-45(6)37(41(35)49)11-12-39-44(5)18-16-36(43(3,4)38(44)17-19-46(39,45)7)34-13-20-47(21-14-34,42(52)53)32-56-40-10-8-9-28-50-40/h8-10,13,16,28,35,37-39,41,51,54H,1,11-12,14-15,17-27,29-32H2,2-7H3,(H,52,53)/t35-,37?,38?,39?,41?,44-,45+,46+,47?,48?,49-,57?/m0/s1. The van der Waals surface area contributed by atoms with E-state index in [-0.39, 0.29) is 33.8 Å². The first-order chi connectivity index (χ1) is 26.9. The molecule has 0 bridgehead atoms. The quantitative estimate of drug-likeness (QED) is 0.202. The van der Waals surface area contributed by atoms with Gasteiger partial charge in [-0.15, -0.1) is 0 Å². The number of allylic oxidation sites excluding steroid dienone is 5. The molecule has 57 heavy (non-hydrogen) atoms. The number of carboxylic acid groups (broad SMARTS) is 1. The minimum absolute atomic E-state index is 0.00514. The van der Waals surface area contributed by atoms with Crippen LogP contribution in [-0.4, -0.2) is 61.2 Å². The first kappa shape index (κ1) is 41.4. The number of aromatic nitrogens is 1. The Hall–Kier alpha value is -2.29. The highest BCUT2D eigenvalue weighted by Gasteiger charge is 2.70. The highest BCUT2D eigenvalue weighted by molar-refractivity contribution is 7.85. The maximum atomic E-state index is 12.7. The number of fused-ring (bicyclic) bond motifs is 7. The van der Waals surface area contributed by atoms with Gasteiger partial charge in [-0.2, -0.15) is 0 Å². The van der Waals surface area contributed by atoms with Crippen LogP contribution in [0, 0.1) is 56.7 Å². The van der Waals surface area contributed by atoms with Gasteiger partial charge in [-0.25, -0.2) is 4.98 Å². The van der Waals surface area contributed by atoms with Crippen LogP contribution in [0.2, 0.25) is 0 Å². The fraction of sp³-hybridized carbons (Fsp3) is 0.755. The van der Waals surface area contributed by atoms with Crippen molar-refractivity contribution in [2.75, 3.05) is 24.7 Å². The number of rotatable bonds is 10. The molecule has 8 rings (SSSR count). The molecule has 1 aromatic rings. The Balaban J connectivity index is 1.02. The largest absolute Gasteiger partial charge is 0.481 e. The minimum atomic E-state index is -0.940. The van der Waals surface area contributed by atoms with E-state index >= 15 is 0 Å². The van der Waals surface area contributed by atoms with Gasteiger partial charge in [0.15, 0.2) is 0 Å². The van der Waals surface area contributed by atoms with Gasteiger partial charge < -0.3 is 20.3 Å². The maximum absolute atomic E-state index is 12.7. The summed E-state index contributed by atoms with van der Waals surface area (Å²) < 4.78 is 18.0. The summed E-state index contributed by atoms with van der Waals surface area (Å²) in [5.41, 5.74) is 3.37. The third-order valence-corrected chi connectivity index (χ3v) is 20.2. The monoisotopic (exact) mass is 801 g/mol. The molecule has 0 amide bonds. The molecule has 7 nitrogen and oxygen atoms in total. The number of ether oxygens (including phenoxy) is 1. The van der Waals surface area contributed by atoms with Crippen molar-refractivity contribution >= 4 is 16.8 Å². The first-order valence-corrected chi connectivity index (χ1v) is 24.1. The lowest BCUT2D eigenvalue weighted by Gasteiger charge is -2.72. The predicted molar refractivity (Wildman–Crippen MR) is 229 cm³/mol. The summed E-state index contributed by atoms with van der Waals surface area (Å²) in [5, 5.41) is 26.0. The molecular formula is C49H72N2O5S. The molecule has 8 heteroatoms. The van der Waals surface area contributed by atoms with E-state index in [0.29, 0.717) is 72.7 Å². The Labute approximate surface area is 345 Å². The molecule has 1 saturated heterocycles. The van der Waals surface area contributed by atoms with Crippen LogP contribution in [0.4, 0.5) is 0 Å². The van der Waals surface area contributed by atoms with Gasteiger partial charge in [0.2, 0.25) is 5.88 Å². The lowest BCUT2D eigenvalue weighted by Crippen LogP contribution is -2.68. The highest BCUT2D eigenvalue weighted by atomic mass is 32.2. The average molecular weight is 801 g/mol. The van der Waals surface area contributed by atoms with Gasteiger partial charge in [0.1, 0.15) is 12.0 Å². The highest BCUT2D eigenvalue weighted by Crippen LogP contribution is 2.76. The van der Waals surface area contributed by atoms with Crippen LogP contribution in [0.5, 0.6) is 5.88 Å². The van der Waals surface area contributed by atoms with E-state index in [1.165, 1.54) is 68.1 Å². The van der Waals surface area contributed by atoms with Gasteiger partial charge in [0.05, 0.1) is 5.60 Å². The molecule has 0 radical (unpaired) electrons. The second kappa shape index (κ2) is 14.7. The Morgan fingerprint density at radius 2 is 1.70 bits per heavy atom. The first-order valence-electron chi connectivity index (χ1n) is 22.6. The third-order valence-electron chi connectivity index (χ3n) is 18.8. The van der Waals surface area contributed by atoms with E-state index in [1.54, 1.807) is 12.3 Å². The Bertz CT molecular complexity index is 1810. The molecule has 7 aliphatic rings. The van der Waals surface area contributed by atoms with Crippen molar-refractivity contribution in [2.24, 2.45) is 56.7 Å². The molecule has 10 atom stereocenters. The summed E-state index contributed by atoms with van der Waals surface area (Å²) in [5.74, 6) is 3.95. The van der Waals surface area contributed by atoms with Crippen LogP contribution >= 0.6 is 0 Å². The van der Waals surface area contributed by atoms with E-state index in [0.717, 1.165) is 25.8 Å². The van der Waals surface area contributed by atoms with Gasteiger partial charge in [-0.05, 0) is 178 Å². The van der Waals surface area contributed by atoms with Crippen LogP contribution in [0.15, 0.2) is 59.8 Å². The molecule has 3 N–H and O–H groups in total. The van der Waals surface area contributed by atoms with Gasteiger partial charge in [-0.1, -0.05) is 65.0 Å². The van der Waals surface area contributed by atoms with E-state index in [1.807, 2.05) is 12.1 Å². The van der Waals surface area contributed by atoms with Crippen LogP contribution in [0.1, 0.15) is 138 Å². The number of aliphatic hydroxyl groups is 1. The number of aliphatic carboxylic acids is 1. The molecule has 1 aromatic heterocycles. The average Bonchev–Trinajstić information content (AvgIpc) is 3.56. The van der Waals surface area contributed by atoms with Crippen LogP contribution in [0.3, 0.4) is 0 Å². The molecule has 5 unspecified atom stereocenters. The maximum Gasteiger partial charge on any atom is 0.313 e. The van der Waals surface area contributed by atoms with Gasteiger partial charge in [0.25, 0.3) is 0 Å². The summed E-state index contributed by atoms with van der Waals surface area (Å²) in [4.78, 5) is 17.0. The zero-order chi connectivity index (χ0) is 40.6. The summed E-state index contributed by atoms with van der Waals surface area (Å²) in [6.07, 6.45) is 21.5. The zero-order valence-electron chi connectivity index (χ0n) is 36.0. The number of nitrogens with one attached hydrogen (secondary N) is 1. The minimum Gasteiger partial charge on any atom is -0.481 e. The molecule has 1 aliphatic heterocycles. The molecule has 5 fully saturated rings. The number of hydrogen-bond acceptors (Lipinski definition) is 6. The van der Waals surface area contributed by atoms with Crippen LogP contribution in [0.25, 0.3) is 0 Å². The molecule has 314 valence electrons. The lowest BCUT2D eigenvalue weighted by molar-refractivity contribution is -0.221. The molecular weight excluding hydrogens is 729 g/mol. The number of pyridine rings is 1. The summed E-state index contributed by atoms with van der Waals surface area (Å²) in [7, 11) is -0.772. The second-order valence-corrected chi connectivity index (χ2v) is 23.3. The van der Waals surface area contributed by atoms with Crippen molar-refractivity contribution in [3.63, 3.8) is 0 Å². The van der Waals surface area contributed by atoms with Crippen molar-refractivity contribution in [3.05, 3.63) is 59.8 Å². The topological polar surface area (TPSA) is 109 Å². The molecule has 0 spiro atoms. The summed E-state index contributed by atoms with van der Waals surface area (Å²) in [6.45, 7) is 20.9. The van der Waals surface area contributed by atoms with Crippen LogP contribution < -0.4 is 10.1 Å². The summed E-state index contributed by atoms with van der Waals surface area (Å²) in [6, 6.07) is 5.50. The molecule has 6 aliphatic carbocycles. The van der Waals surface area contributed by atoms with Crippen molar-refractivity contribution < 1.29 is 24.0 Å². The Morgan fingerprint density at radius 1 is 0.930 bits per heavy atom. The SMILES string of the molecule is C=C(C)[C@@H]1CC[C@]2(NCCC3(O)CCS(=O)CC3)CC[C@]3(C)C(CCC4[C@@]5(C)CC=C(C6=CCC(COc7ccccn7)(C(=O)O)CC6)C(C)(C)C5CC[C@]43C)C12. The van der Waals surface area contributed by atoms with Gasteiger partial charge >= 0.3 is 5.97 Å². The Kier molecular flexibility index (Phi) is 10.7. The second-order valence-electron chi connectivity index (χ2n) is 21.6. The number of carboxylic acids is 1.